The van der Waals surface area contributed by atoms with Gasteiger partial charge in [-0.15, -0.1) is 0 Å². The van der Waals surface area contributed by atoms with E-state index in [4.69, 9.17) is 11.6 Å². The minimum atomic E-state index is -3.77. The number of sulfonamides is 1. The van der Waals surface area contributed by atoms with Crippen molar-refractivity contribution >= 4 is 54.1 Å². The summed E-state index contributed by atoms with van der Waals surface area (Å²) in [7, 11) is -3.77. The predicted molar refractivity (Wildman–Crippen MR) is 122 cm³/mol. The average molecular weight is 488 g/mol. The van der Waals surface area contributed by atoms with E-state index in [1.807, 2.05) is 37.3 Å². The van der Waals surface area contributed by atoms with E-state index in [1.54, 1.807) is 36.4 Å². The van der Waals surface area contributed by atoms with Crippen LogP contribution in [0.4, 0.5) is 5.69 Å². The van der Waals surface area contributed by atoms with Crippen LogP contribution in [0.1, 0.15) is 5.56 Å². The summed E-state index contributed by atoms with van der Waals surface area (Å²) in [5, 5.41) is 1.38. The summed E-state index contributed by atoms with van der Waals surface area (Å²) in [4.78, 5) is 4.61. The van der Waals surface area contributed by atoms with Crippen LogP contribution >= 0.6 is 27.5 Å². The summed E-state index contributed by atoms with van der Waals surface area (Å²) in [5.74, 6) is 0. The van der Waals surface area contributed by atoms with Gasteiger partial charge in [-0.05, 0) is 48.9 Å². The molecule has 0 saturated heterocycles. The van der Waals surface area contributed by atoms with Crippen molar-refractivity contribution in [2.75, 3.05) is 4.72 Å². The van der Waals surface area contributed by atoms with Gasteiger partial charge in [0.15, 0.2) is 0 Å². The predicted octanol–water partition coefficient (Wildman–Crippen LogP) is 6.43. The third-order valence-corrected chi connectivity index (χ3v) is 6.68. The lowest BCUT2D eigenvalue weighted by Gasteiger charge is -2.15. The first-order chi connectivity index (χ1) is 13.8. The van der Waals surface area contributed by atoms with Crippen LogP contribution in [0.3, 0.4) is 0 Å². The molecule has 146 valence electrons. The highest BCUT2D eigenvalue weighted by atomic mass is 79.9. The standard InChI is InChI=1S/C22H16BrClN2O2S/c1-14-2-9-18(10-3-14)29(27,28)26-21-13-25-20-12-17(24)8-11-19(20)22(21)15-4-6-16(23)7-5-15/h2-13,26H,1H3. The molecule has 0 radical (unpaired) electrons. The Labute approximate surface area is 182 Å². The fraction of sp³-hybridized carbons (Fsp3) is 0.0455. The normalized spacial score (nSPS) is 11.6. The maximum Gasteiger partial charge on any atom is 0.261 e. The first kappa shape index (κ1) is 19.9. The Bertz CT molecular complexity index is 1310. The summed E-state index contributed by atoms with van der Waals surface area (Å²) in [6.45, 7) is 1.91. The Morgan fingerprint density at radius 3 is 2.34 bits per heavy atom. The van der Waals surface area contributed by atoms with E-state index in [0.717, 1.165) is 26.5 Å². The van der Waals surface area contributed by atoms with E-state index in [9.17, 15) is 8.42 Å². The Hall–Kier alpha value is -2.41. The van der Waals surface area contributed by atoms with Gasteiger partial charge < -0.3 is 0 Å². The summed E-state index contributed by atoms with van der Waals surface area (Å²) in [5.41, 5.74) is 3.69. The number of hydrogen-bond acceptors (Lipinski definition) is 3. The maximum absolute atomic E-state index is 13.0. The molecule has 7 heteroatoms. The molecule has 4 aromatic rings. The van der Waals surface area contributed by atoms with E-state index in [2.05, 4.69) is 25.6 Å². The topological polar surface area (TPSA) is 59.1 Å². The van der Waals surface area contributed by atoms with Crippen LogP contribution in [0.15, 0.2) is 82.3 Å². The van der Waals surface area contributed by atoms with Gasteiger partial charge in [-0.1, -0.05) is 63.4 Å². The molecule has 0 bridgehead atoms. The van der Waals surface area contributed by atoms with Crippen molar-refractivity contribution < 1.29 is 8.42 Å². The Morgan fingerprint density at radius 2 is 1.66 bits per heavy atom. The van der Waals surface area contributed by atoms with Crippen molar-refractivity contribution in [1.82, 2.24) is 4.98 Å². The highest BCUT2D eigenvalue weighted by molar-refractivity contribution is 9.10. The Morgan fingerprint density at radius 1 is 0.966 bits per heavy atom. The highest BCUT2D eigenvalue weighted by Crippen LogP contribution is 2.37. The number of fused-ring (bicyclic) bond motifs is 1. The molecule has 1 heterocycles. The zero-order chi connectivity index (χ0) is 20.6. The smallest absolute Gasteiger partial charge is 0.261 e. The molecule has 29 heavy (non-hydrogen) atoms. The second kappa shape index (κ2) is 7.78. The molecule has 4 rings (SSSR count). The average Bonchev–Trinajstić information content (AvgIpc) is 2.69. The first-order valence-electron chi connectivity index (χ1n) is 8.77. The molecule has 1 aromatic heterocycles. The number of aryl methyl sites for hydroxylation is 1. The van der Waals surface area contributed by atoms with Gasteiger partial charge in [0.25, 0.3) is 10.0 Å². The second-order valence-corrected chi connectivity index (χ2v) is 9.67. The monoisotopic (exact) mass is 486 g/mol. The van der Waals surface area contributed by atoms with Gasteiger partial charge in [0, 0.05) is 20.4 Å². The van der Waals surface area contributed by atoms with Crippen LogP contribution < -0.4 is 4.72 Å². The van der Waals surface area contributed by atoms with Crippen molar-refractivity contribution in [1.29, 1.82) is 0 Å². The number of halogens is 2. The number of hydrogen-bond donors (Lipinski definition) is 1. The second-order valence-electron chi connectivity index (χ2n) is 6.63. The van der Waals surface area contributed by atoms with E-state index in [-0.39, 0.29) is 4.90 Å². The van der Waals surface area contributed by atoms with Crippen LogP contribution in [0.25, 0.3) is 22.0 Å². The van der Waals surface area contributed by atoms with Crippen molar-refractivity contribution in [3.63, 3.8) is 0 Å². The summed E-state index contributed by atoms with van der Waals surface area (Å²) >= 11 is 9.56. The molecule has 0 saturated carbocycles. The van der Waals surface area contributed by atoms with Gasteiger partial charge in [-0.25, -0.2) is 8.42 Å². The lowest BCUT2D eigenvalue weighted by molar-refractivity contribution is 0.601. The van der Waals surface area contributed by atoms with Crippen LogP contribution in [-0.2, 0) is 10.0 Å². The maximum atomic E-state index is 13.0. The van der Waals surface area contributed by atoms with Crippen molar-refractivity contribution in [2.45, 2.75) is 11.8 Å². The molecular formula is C22H16BrClN2O2S. The number of nitrogens with zero attached hydrogens (tertiary/aromatic N) is 1. The summed E-state index contributed by atoms with van der Waals surface area (Å²) < 4.78 is 29.6. The minimum Gasteiger partial charge on any atom is -0.277 e. The number of rotatable bonds is 4. The molecule has 0 aliphatic heterocycles. The molecule has 0 amide bonds. The third kappa shape index (κ3) is 4.15. The van der Waals surface area contributed by atoms with Crippen LogP contribution in [0.2, 0.25) is 5.02 Å². The van der Waals surface area contributed by atoms with Gasteiger partial charge >= 0.3 is 0 Å². The largest absolute Gasteiger partial charge is 0.277 e. The van der Waals surface area contributed by atoms with Gasteiger partial charge in [-0.2, -0.15) is 0 Å². The number of benzene rings is 3. The number of pyridine rings is 1. The molecule has 4 nitrogen and oxygen atoms in total. The number of anilines is 1. The van der Waals surface area contributed by atoms with Crippen molar-refractivity contribution in [3.8, 4) is 11.1 Å². The minimum absolute atomic E-state index is 0.195. The van der Waals surface area contributed by atoms with Crippen LogP contribution in [0, 0.1) is 6.92 Å². The SMILES string of the molecule is Cc1ccc(S(=O)(=O)Nc2cnc3cc(Cl)ccc3c2-c2ccc(Br)cc2)cc1. The quantitative estimate of drug-likeness (QED) is 0.361. The summed E-state index contributed by atoms with van der Waals surface area (Å²) in [6.07, 6.45) is 1.53. The highest BCUT2D eigenvalue weighted by Gasteiger charge is 2.19. The van der Waals surface area contributed by atoms with Crippen molar-refractivity contribution in [3.05, 3.63) is 88.0 Å². The van der Waals surface area contributed by atoms with Gasteiger partial charge in [0.05, 0.1) is 22.3 Å². The molecule has 0 fully saturated rings. The fourth-order valence-electron chi connectivity index (χ4n) is 3.09. The van der Waals surface area contributed by atoms with E-state index in [0.29, 0.717) is 16.2 Å². The van der Waals surface area contributed by atoms with E-state index >= 15 is 0 Å². The third-order valence-electron chi connectivity index (χ3n) is 4.54. The zero-order valence-electron chi connectivity index (χ0n) is 15.4. The Kier molecular flexibility index (Phi) is 5.34. The molecular weight excluding hydrogens is 472 g/mol. The van der Waals surface area contributed by atoms with Gasteiger partial charge in [0.1, 0.15) is 0 Å². The van der Waals surface area contributed by atoms with Crippen molar-refractivity contribution in [2.24, 2.45) is 0 Å². The van der Waals surface area contributed by atoms with E-state index in [1.165, 1.54) is 6.20 Å². The molecule has 3 aromatic carbocycles. The lowest BCUT2D eigenvalue weighted by Crippen LogP contribution is -2.14. The number of nitrogens with one attached hydrogen (secondary N) is 1. The molecule has 0 atom stereocenters. The zero-order valence-corrected chi connectivity index (χ0v) is 18.5. The molecule has 0 spiro atoms. The number of aromatic nitrogens is 1. The molecule has 1 N–H and O–H groups in total. The molecule has 0 unspecified atom stereocenters. The first-order valence-corrected chi connectivity index (χ1v) is 11.4. The lowest BCUT2D eigenvalue weighted by atomic mass is 10.00. The van der Waals surface area contributed by atoms with Gasteiger partial charge in [0.2, 0.25) is 0 Å². The fourth-order valence-corrected chi connectivity index (χ4v) is 4.58. The van der Waals surface area contributed by atoms with Crippen LogP contribution in [0.5, 0.6) is 0 Å². The van der Waals surface area contributed by atoms with Gasteiger partial charge in [-0.3, -0.25) is 9.71 Å². The molecule has 0 aliphatic carbocycles. The summed E-state index contributed by atoms with van der Waals surface area (Å²) in [6, 6.07) is 19.8. The Balaban J connectivity index is 1.90. The van der Waals surface area contributed by atoms with Crippen LogP contribution in [-0.4, -0.2) is 13.4 Å². The van der Waals surface area contributed by atoms with E-state index < -0.39 is 10.0 Å². The molecule has 0 aliphatic rings.